The van der Waals surface area contributed by atoms with Crippen LogP contribution in [0.2, 0.25) is 10.0 Å². The molecule has 1 aromatic carbocycles. The Morgan fingerprint density at radius 1 is 1.14 bits per heavy atom. The summed E-state index contributed by atoms with van der Waals surface area (Å²) in [4.78, 5) is 26.8. The number of H-pyrrole nitrogens is 1. The molecular weight excluding hydrogens is 325 g/mol. The molecule has 6 heteroatoms. The number of carbonyl (C=O) groups is 2. The molecule has 2 aromatic rings. The molecule has 0 saturated carbocycles. The second kappa shape index (κ2) is 6.55. The van der Waals surface area contributed by atoms with Gasteiger partial charge in [0.2, 0.25) is 5.78 Å². The fraction of sp³-hybridized carbons (Fsp3) is 0.250. The van der Waals surface area contributed by atoms with E-state index in [1.165, 1.54) is 6.92 Å². The van der Waals surface area contributed by atoms with Crippen LogP contribution in [0, 0.1) is 13.8 Å². The van der Waals surface area contributed by atoms with Gasteiger partial charge in [-0.25, -0.2) is 0 Å². The van der Waals surface area contributed by atoms with Gasteiger partial charge in [0.05, 0.1) is 5.69 Å². The maximum absolute atomic E-state index is 12.3. The summed E-state index contributed by atoms with van der Waals surface area (Å²) < 4.78 is 5.43. The zero-order chi connectivity index (χ0) is 16.4. The molecule has 1 heterocycles. The van der Waals surface area contributed by atoms with E-state index in [-0.39, 0.29) is 18.2 Å². The van der Waals surface area contributed by atoms with Gasteiger partial charge in [-0.2, -0.15) is 0 Å². The third-order valence-corrected chi connectivity index (χ3v) is 3.71. The lowest BCUT2D eigenvalue weighted by atomic mass is 10.1. The van der Waals surface area contributed by atoms with E-state index < -0.39 is 0 Å². The molecule has 0 fully saturated rings. The van der Waals surface area contributed by atoms with Crippen molar-refractivity contribution in [1.82, 2.24) is 4.98 Å². The van der Waals surface area contributed by atoms with E-state index in [1.54, 1.807) is 32.0 Å². The number of hydrogen-bond donors (Lipinski definition) is 1. The van der Waals surface area contributed by atoms with E-state index in [9.17, 15) is 9.59 Å². The van der Waals surface area contributed by atoms with Gasteiger partial charge in [0.1, 0.15) is 5.75 Å². The highest BCUT2D eigenvalue weighted by atomic mass is 35.5. The fourth-order valence-corrected chi connectivity index (χ4v) is 2.90. The summed E-state index contributed by atoms with van der Waals surface area (Å²) in [5, 5.41) is 0.862. The summed E-state index contributed by atoms with van der Waals surface area (Å²) >= 11 is 11.7. The van der Waals surface area contributed by atoms with Crippen molar-refractivity contribution in [2.75, 3.05) is 6.61 Å². The van der Waals surface area contributed by atoms with Crippen LogP contribution in [0.5, 0.6) is 5.75 Å². The van der Waals surface area contributed by atoms with Gasteiger partial charge in [-0.3, -0.25) is 9.59 Å². The van der Waals surface area contributed by atoms with E-state index in [0.717, 1.165) is 0 Å². The minimum absolute atomic E-state index is 0.0761. The molecule has 116 valence electrons. The molecule has 0 aliphatic rings. The maximum atomic E-state index is 12.3. The van der Waals surface area contributed by atoms with Gasteiger partial charge in [0.25, 0.3) is 0 Å². The molecule has 4 nitrogen and oxygen atoms in total. The van der Waals surface area contributed by atoms with Crippen LogP contribution in [0.3, 0.4) is 0 Å². The van der Waals surface area contributed by atoms with Gasteiger partial charge < -0.3 is 9.72 Å². The van der Waals surface area contributed by atoms with Crippen molar-refractivity contribution < 1.29 is 14.3 Å². The monoisotopic (exact) mass is 339 g/mol. The first-order valence-corrected chi connectivity index (χ1v) is 7.37. The Labute approximate surface area is 138 Å². The number of carbonyl (C=O) groups excluding carboxylic acids is 2. The zero-order valence-corrected chi connectivity index (χ0v) is 13.9. The van der Waals surface area contributed by atoms with Crippen molar-refractivity contribution in [3.63, 3.8) is 0 Å². The fourth-order valence-electron chi connectivity index (χ4n) is 2.39. The summed E-state index contributed by atoms with van der Waals surface area (Å²) in [5.74, 6) is 0.0932. The normalized spacial score (nSPS) is 10.6. The minimum Gasteiger partial charge on any atom is -0.485 e. The first-order valence-electron chi connectivity index (χ1n) is 6.61. The Hall–Kier alpha value is -1.78. The van der Waals surface area contributed by atoms with Crippen molar-refractivity contribution in [3.05, 3.63) is 50.8 Å². The number of ketones is 2. The van der Waals surface area contributed by atoms with Gasteiger partial charge in [-0.1, -0.05) is 23.2 Å². The van der Waals surface area contributed by atoms with Crippen molar-refractivity contribution in [2.45, 2.75) is 20.8 Å². The smallest absolute Gasteiger partial charge is 0.216 e. The molecule has 0 spiro atoms. The molecular formula is C16H15Cl2NO3. The second-order valence-electron chi connectivity index (χ2n) is 5.00. The van der Waals surface area contributed by atoms with Crippen molar-refractivity contribution in [1.29, 1.82) is 0 Å². The number of Topliss-reactive ketones (excluding diaryl/α,β-unsaturated/α-hetero) is 2. The summed E-state index contributed by atoms with van der Waals surface area (Å²) in [7, 11) is 0. The number of nitrogens with one attached hydrogen (secondary N) is 1. The third-order valence-electron chi connectivity index (χ3n) is 3.27. The predicted octanol–water partition coefficient (Wildman–Crippen LogP) is 4.40. The number of halogens is 2. The molecule has 0 aliphatic carbocycles. The summed E-state index contributed by atoms with van der Waals surface area (Å²) in [6.07, 6.45) is 0. The molecule has 0 atom stereocenters. The van der Waals surface area contributed by atoms with Crippen LogP contribution < -0.4 is 4.74 Å². The SMILES string of the molecule is CC(=O)c1c(C)[nH]c(C(=O)COc2cc(Cl)cc(Cl)c2)c1C. The lowest BCUT2D eigenvalue weighted by molar-refractivity contribution is 0.0916. The van der Waals surface area contributed by atoms with Crippen molar-refractivity contribution in [3.8, 4) is 5.75 Å². The van der Waals surface area contributed by atoms with Gasteiger partial charge >= 0.3 is 0 Å². The van der Waals surface area contributed by atoms with E-state index >= 15 is 0 Å². The largest absolute Gasteiger partial charge is 0.485 e. The molecule has 1 N–H and O–H groups in total. The highest BCUT2D eigenvalue weighted by Crippen LogP contribution is 2.25. The molecule has 0 unspecified atom stereocenters. The van der Waals surface area contributed by atoms with Gasteiger partial charge in [0, 0.05) is 21.3 Å². The lowest BCUT2D eigenvalue weighted by Gasteiger charge is -2.06. The quantitative estimate of drug-likeness (QED) is 0.821. The summed E-state index contributed by atoms with van der Waals surface area (Å²) in [5.41, 5.74) is 2.26. The number of aromatic amines is 1. The Morgan fingerprint density at radius 2 is 1.73 bits per heavy atom. The average Bonchev–Trinajstić information content (AvgIpc) is 2.70. The first kappa shape index (κ1) is 16.6. The van der Waals surface area contributed by atoms with Crippen LogP contribution in [-0.2, 0) is 0 Å². The minimum atomic E-state index is -0.246. The van der Waals surface area contributed by atoms with Crippen molar-refractivity contribution >= 4 is 34.8 Å². The molecule has 0 bridgehead atoms. The van der Waals surface area contributed by atoms with Gasteiger partial charge in [0.15, 0.2) is 12.4 Å². The highest BCUT2D eigenvalue weighted by molar-refractivity contribution is 6.34. The zero-order valence-electron chi connectivity index (χ0n) is 12.4. The van der Waals surface area contributed by atoms with E-state index in [2.05, 4.69) is 4.98 Å². The number of aryl methyl sites for hydroxylation is 1. The van der Waals surface area contributed by atoms with Crippen LogP contribution in [0.4, 0.5) is 0 Å². The van der Waals surface area contributed by atoms with Gasteiger partial charge in [-0.15, -0.1) is 0 Å². The number of benzene rings is 1. The van der Waals surface area contributed by atoms with Crippen LogP contribution in [0.15, 0.2) is 18.2 Å². The Morgan fingerprint density at radius 3 is 2.23 bits per heavy atom. The lowest BCUT2D eigenvalue weighted by Crippen LogP contribution is -2.13. The third kappa shape index (κ3) is 3.51. The van der Waals surface area contributed by atoms with E-state index in [4.69, 9.17) is 27.9 Å². The van der Waals surface area contributed by atoms with Gasteiger partial charge in [-0.05, 0) is 44.5 Å². The standard InChI is InChI=1S/C16H15Cl2NO3/c1-8-15(10(3)20)9(2)19-16(8)14(21)7-22-13-5-11(17)4-12(18)6-13/h4-6,19H,7H2,1-3H3. The van der Waals surface area contributed by atoms with Crippen LogP contribution in [0.25, 0.3) is 0 Å². The molecule has 2 rings (SSSR count). The van der Waals surface area contributed by atoms with Crippen LogP contribution in [0.1, 0.15) is 39.0 Å². The Bertz CT molecular complexity index is 730. The van der Waals surface area contributed by atoms with Crippen LogP contribution >= 0.6 is 23.2 Å². The maximum Gasteiger partial charge on any atom is 0.216 e. The highest BCUT2D eigenvalue weighted by Gasteiger charge is 2.20. The Balaban J connectivity index is 2.16. The van der Waals surface area contributed by atoms with Crippen LogP contribution in [-0.4, -0.2) is 23.2 Å². The number of hydrogen-bond acceptors (Lipinski definition) is 3. The molecule has 0 amide bonds. The summed E-state index contributed by atoms with van der Waals surface area (Å²) in [6, 6.07) is 4.73. The number of aromatic nitrogens is 1. The van der Waals surface area contributed by atoms with E-state index in [0.29, 0.717) is 38.3 Å². The van der Waals surface area contributed by atoms with E-state index in [1.807, 2.05) is 0 Å². The number of rotatable bonds is 5. The second-order valence-corrected chi connectivity index (χ2v) is 5.87. The average molecular weight is 340 g/mol. The number of ether oxygens (including phenoxy) is 1. The first-order chi connectivity index (χ1) is 10.3. The predicted molar refractivity (Wildman–Crippen MR) is 86.6 cm³/mol. The molecule has 0 radical (unpaired) electrons. The molecule has 22 heavy (non-hydrogen) atoms. The topological polar surface area (TPSA) is 59.2 Å². The van der Waals surface area contributed by atoms with Crippen molar-refractivity contribution in [2.24, 2.45) is 0 Å². The molecule has 0 saturated heterocycles. The molecule has 1 aromatic heterocycles. The molecule has 0 aliphatic heterocycles. The Kier molecular flexibility index (Phi) is 4.94. The summed E-state index contributed by atoms with van der Waals surface area (Å²) in [6.45, 7) is 4.80.